The molecule has 128 valence electrons. The molecule has 1 aromatic carbocycles. The van der Waals surface area contributed by atoms with Crippen molar-refractivity contribution < 1.29 is 8.78 Å². The molecule has 1 aliphatic carbocycles. The molecule has 0 spiro atoms. The van der Waals surface area contributed by atoms with Crippen LogP contribution >= 0.6 is 11.8 Å². The van der Waals surface area contributed by atoms with Gasteiger partial charge in [0.15, 0.2) is 5.96 Å². The highest BCUT2D eigenvalue weighted by atomic mass is 32.2. The van der Waals surface area contributed by atoms with Crippen LogP contribution in [-0.4, -0.2) is 37.1 Å². The third-order valence-corrected chi connectivity index (χ3v) is 5.31. The predicted molar refractivity (Wildman–Crippen MR) is 94.1 cm³/mol. The molecular formula is C17H25F2N3S. The first-order valence-corrected chi connectivity index (χ1v) is 9.35. The minimum absolute atomic E-state index is 0.369. The number of aliphatic imine (C=N–C) groups is 1. The number of rotatable bonds is 5. The van der Waals surface area contributed by atoms with E-state index in [1.54, 1.807) is 7.05 Å². The van der Waals surface area contributed by atoms with Gasteiger partial charge in [-0.1, -0.05) is 6.42 Å². The summed E-state index contributed by atoms with van der Waals surface area (Å²) in [6.07, 6.45) is 7.38. The fourth-order valence-electron chi connectivity index (χ4n) is 2.93. The summed E-state index contributed by atoms with van der Waals surface area (Å²) in [6.45, 7) is 0.513. The van der Waals surface area contributed by atoms with Crippen LogP contribution in [0, 0.1) is 11.6 Å². The van der Waals surface area contributed by atoms with Crippen LogP contribution in [-0.2, 0) is 6.42 Å². The van der Waals surface area contributed by atoms with Crippen LogP contribution in [0.15, 0.2) is 23.2 Å². The van der Waals surface area contributed by atoms with Crippen LogP contribution in [0.3, 0.4) is 0 Å². The first-order valence-electron chi connectivity index (χ1n) is 8.06. The SMILES string of the molecule is CN=C(NCCc1cc(F)ccc1F)NC1CCCC(SC)C1. The van der Waals surface area contributed by atoms with Crippen molar-refractivity contribution in [2.75, 3.05) is 19.8 Å². The lowest BCUT2D eigenvalue weighted by Gasteiger charge is -2.29. The molecule has 0 bridgehead atoms. The maximum atomic E-state index is 13.6. The largest absolute Gasteiger partial charge is 0.356 e. The van der Waals surface area contributed by atoms with Crippen LogP contribution in [0.25, 0.3) is 0 Å². The summed E-state index contributed by atoms with van der Waals surface area (Å²) in [5.74, 6) is -0.0472. The Morgan fingerprint density at radius 1 is 1.35 bits per heavy atom. The minimum Gasteiger partial charge on any atom is -0.356 e. The lowest BCUT2D eigenvalue weighted by molar-refractivity contribution is 0.419. The number of hydrogen-bond donors (Lipinski definition) is 2. The molecule has 1 aliphatic rings. The number of nitrogens with zero attached hydrogens (tertiary/aromatic N) is 1. The van der Waals surface area contributed by atoms with Crippen LogP contribution in [0.2, 0.25) is 0 Å². The topological polar surface area (TPSA) is 36.4 Å². The zero-order valence-corrected chi connectivity index (χ0v) is 14.6. The lowest BCUT2D eigenvalue weighted by atomic mass is 9.95. The molecule has 2 N–H and O–H groups in total. The standard InChI is InChI=1S/C17H25F2N3S/c1-20-17(22-14-4-3-5-15(11-14)23-2)21-9-8-12-10-13(18)6-7-16(12)19/h6-7,10,14-15H,3-5,8-9,11H2,1-2H3,(H2,20,21,22). The summed E-state index contributed by atoms with van der Waals surface area (Å²) < 4.78 is 26.7. The molecule has 0 saturated heterocycles. The minimum atomic E-state index is -0.408. The first-order chi connectivity index (χ1) is 11.1. The Labute approximate surface area is 141 Å². The van der Waals surface area contributed by atoms with E-state index in [0.29, 0.717) is 29.8 Å². The van der Waals surface area contributed by atoms with E-state index in [4.69, 9.17) is 0 Å². The monoisotopic (exact) mass is 341 g/mol. The van der Waals surface area contributed by atoms with Gasteiger partial charge in [0.05, 0.1) is 0 Å². The van der Waals surface area contributed by atoms with Gasteiger partial charge >= 0.3 is 0 Å². The first kappa shape index (κ1) is 18.0. The zero-order valence-electron chi connectivity index (χ0n) is 13.7. The molecule has 23 heavy (non-hydrogen) atoms. The van der Waals surface area contributed by atoms with Crippen LogP contribution < -0.4 is 10.6 Å². The summed E-state index contributed by atoms with van der Waals surface area (Å²) in [4.78, 5) is 4.22. The van der Waals surface area contributed by atoms with Gasteiger partial charge in [0.25, 0.3) is 0 Å². The molecule has 2 atom stereocenters. The van der Waals surface area contributed by atoms with Gasteiger partial charge < -0.3 is 10.6 Å². The number of hydrogen-bond acceptors (Lipinski definition) is 2. The van der Waals surface area contributed by atoms with Crippen molar-refractivity contribution in [2.45, 2.75) is 43.4 Å². The van der Waals surface area contributed by atoms with Gasteiger partial charge in [-0.3, -0.25) is 4.99 Å². The molecule has 0 heterocycles. The van der Waals surface area contributed by atoms with Crippen molar-refractivity contribution >= 4 is 17.7 Å². The van der Waals surface area contributed by atoms with Gasteiger partial charge in [-0.15, -0.1) is 0 Å². The second-order valence-corrected chi connectivity index (χ2v) is 6.99. The Balaban J connectivity index is 1.80. The summed E-state index contributed by atoms with van der Waals surface area (Å²) >= 11 is 1.92. The highest BCUT2D eigenvalue weighted by molar-refractivity contribution is 7.99. The fraction of sp³-hybridized carbons (Fsp3) is 0.588. The van der Waals surface area contributed by atoms with Crippen molar-refractivity contribution in [2.24, 2.45) is 4.99 Å². The molecule has 3 nitrogen and oxygen atoms in total. The third-order valence-electron chi connectivity index (χ3n) is 4.22. The molecule has 0 aliphatic heterocycles. The van der Waals surface area contributed by atoms with Crippen molar-refractivity contribution in [3.63, 3.8) is 0 Å². The summed E-state index contributed by atoms with van der Waals surface area (Å²) in [5.41, 5.74) is 0.382. The second-order valence-electron chi connectivity index (χ2n) is 5.85. The molecule has 1 fully saturated rings. The highest BCUT2D eigenvalue weighted by Gasteiger charge is 2.21. The van der Waals surface area contributed by atoms with Crippen molar-refractivity contribution in [3.05, 3.63) is 35.4 Å². The van der Waals surface area contributed by atoms with Crippen molar-refractivity contribution in [3.8, 4) is 0 Å². The van der Waals surface area contributed by atoms with E-state index >= 15 is 0 Å². The normalized spacial score (nSPS) is 22.0. The maximum Gasteiger partial charge on any atom is 0.191 e. The number of nitrogens with one attached hydrogen (secondary N) is 2. The van der Waals surface area contributed by atoms with E-state index in [0.717, 1.165) is 24.9 Å². The van der Waals surface area contributed by atoms with E-state index in [1.165, 1.54) is 25.0 Å². The number of halogens is 2. The average Bonchev–Trinajstić information content (AvgIpc) is 2.57. The molecule has 2 unspecified atom stereocenters. The zero-order chi connectivity index (χ0) is 16.7. The van der Waals surface area contributed by atoms with Gasteiger partial charge in [0, 0.05) is 24.9 Å². The van der Waals surface area contributed by atoms with Gasteiger partial charge in [0.1, 0.15) is 11.6 Å². The van der Waals surface area contributed by atoms with Crippen LogP contribution in [0.5, 0.6) is 0 Å². The van der Waals surface area contributed by atoms with Crippen molar-refractivity contribution in [1.82, 2.24) is 10.6 Å². The third kappa shape index (κ3) is 5.68. The van der Waals surface area contributed by atoms with E-state index in [2.05, 4.69) is 21.9 Å². The Morgan fingerprint density at radius 3 is 2.91 bits per heavy atom. The molecule has 0 radical (unpaired) electrons. The van der Waals surface area contributed by atoms with Gasteiger partial charge in [-0.05, 0) is 55.7 Å². The van der Waals surface area contributed by atoms with E-state index in [9.17, 15) is 8.78 Å². The summed E-state index contributed by atoms with van der Waals surface area (Å²) in [6, 6.07) is 3.98. The van der Waals surface area contributed by atoms with Gasteiger partial charge in [-0.25, -0.2) is 8.78 Å². The summed E-state index contributed by atoms with van der Waals surface area (Å²) in [7, 11) is 1.73. The highest BCUT2D eigenvalue weighted by Crippen LogP contribution is 2.26. The van der Waals surface area contributed by atoms with Gasteiger partial charge in [-0.2, -0.15) is 11.8 Å². The maximum absolute atomic E-state index is 13.6. The average molecular weight is 341 g/mol. The molecule has 6 heteroatoms. The van der Waals surface area contributed by atoms with Gasteiger partial charge in [0.2, 0.25) is 0 Å². The smallest absolute Gasteiger partial charge is 0.191 e. The molecule has 1 aromatic rings. The molecule has 1 saturated carbocycles. The predicted octanol–water partition coefficient (Wildman–Crippen LogP) is 3.35. The van der Waals surface area contributed by atoms with E-state index in [1.807, 2.05) is 11.8 Å². The van der Waals surface area contributed by atoms with Crippen LogP contribution in [0.1, 0.15) is 31.2 Å². The number of benzene rings is 1. The lowest BCUT2D eigenvalue weighted by Crippen LogP contribution is -2.46. The summed E-state index contributed by atoms with van der Waals surface area (Å²) in [5, 5.41) is 7.34. The molecule has 0 aromatic heterocycles. The molecule has 0 amide bonds. The van der Waals surface area contributed by atoms with E-state index in [-0.39, 0.29) is 5.82 Å². The number of thioether (sulfide) groups is 1. The molecule has 2 rings (SSSR count). The Kier molecular flexibility index (Phi) is 7.15. The fourth-order valence-corrected chi connectivity index (χ4v) is 3.76. The van der Waals surface area contributed by atoms with Crippen molar-refractivity contribution in [1.29, 1.82) is 0 Å². The van der Waals surface area contributed by atoms with Crippen LogP contribution in [0.4, 0.5) is 8.78 Å². The Bertz CT molecular complexity index is 537. The number of guanidine groups is 1. The van der Waals surface area contributed by atoms with E-state index < -0.39 is 5.82 Å². The Hall–Kier alpha value is -1.30. The Morgan fingerprint density at radius 2 is 2.17 bits per heavy atom. The molecular weight excluding hydrogens is 316 g/mol. The second kappa shape index (κ2) is 9.11. The quantitative estimate of drug-likeness (QED) is 0.637.